The van der Waals surface area contributed by atoms with E-state index in [0.717, 1.165) is 0 Å². The molecule has 1 aromatic carbocycles. The summed E-state index contributed by atoms with van der Waals surface area (Å²) in [5, 5.41) is 9.19. The van der Waals surface area contributed by atoms with Crippen LogP contribution in [-0.2, 0) is 0 Å². The summed E-state index contributed by atoms with van der Waals surface area (Å²) >= 11 is 0. The van der Waals surface area contributed by atoms with Gasteiger partial charge in [0.15, 0.2) is 0 Å². The average Bonchev–Trinajstić information content (AvgIpc) is 2.03. The summed E-state index contributed by atoms with van der Waals surface area (Å²) in [4.78, 5) is 0. The molecule has 0 spiro atoms. The Kier molecular flexibility index (Phi) is 2.98. The van der Waals surface area contributed by atoms with E-state index in [9.17, 15) is 13.9 Å². The fourth-order valence-electron chi connectivity index (χ4n) is 1.19. The molecule has 0 aliphatic heterocycles. The molecule has 0 saturated heterocycles. The zero-order valence-corrected chi connectivity index (χ0v) is 7.59. The van der Waals surface area contributed by atoms with Crippen molar-refractivity contribution in [3.63, 3.8) is 0 Å². The van der Waals surface area contributed by atoms with Gasteiger partial charge in [0.2, 0.25) is 0 Å². The fourth-order valence-corrected chi connectivity index (χ4v) is 1.19. The molecule has 1 nitrogen and oxygen atoms in total. The van der Waals surface area contributed by atoms with Crippen LogP contribution in [0, 0.1) is 11.6 Å². The van der Waals surface area contributed by atoms with E-state index in [-0.39, 0.29) is 5.56 Å². The Balaban J connectivity index is 3.12. The number of halogens is 2. The molecule has 3 heteroatoms. The van der Waals surface area contributed by atoms with E-state index in [1.165, 1.54) is 25.1 Å². The van der Waals surface area contributed by atoms with Crippen LogP contribution in [0.3, 0.4) is 0 Å². The number of hydrogen-bond donors (Lipinski definition) is 1. The van der Waals surface area contributed by atoms with Crippen molar-refractivity contribution in [3.8, 4) is 0 Å². The largest absolute Gasteiger partial charge is 0.393 e. The first-order valence-electron chi connectivity index (χ1n) is 4.16. The minimum atomic E-state index is -0.758. The minimum absolute atomic E-state index is 0.0440. The van der Waals surface area contributed by atoms with Crippen LogP contribution in [0.15, 0.2) is 18.2 Å². The van der Waals surface area contributed by atoms with Crippen molar-refractivity contribution in [1.82, 2.24) is 0 Å². The van der Waals surface area contributed by atoms with Crippen LogP contribution in [-0.4, -0.2) is 11.2 Å². The number of aliphatic hydroxyl groups is 1. The first kappa shape index (κ1) is 10.1. The van der Waals surface area contributed by atoms with E-state index in [1.807, 2.05) is 0 Å². The molecule has 0 heterocycles. The number of aliphatic hydroxyl groups excluding tert-OH is 1. The normalized spacial score (nSPS) is 15.5. The summed E-state index contributed by atoms with van der Waals surface area (Å²) in [6.45, 7) is 3.10. The van der Waals surface area contributed by atoms with Gasteiger partial charge in [-0.05, 0) is 19.1 Å². The van der Waals surface area contributed by atoms with Gasteiger partial charge < -0.3 is 5.11 Å². The Labute approximate surface area is 76.0 Å². The Morgan fingerprint density at radius 1 is 1.15 bits per heavy atom. The van der Waals surface area contributed by atoms with Gasteiger partial charge in [0.05, 0.1) is 6.10 Å². The summed E-state index contributed by atoms with van der Waals surface area (Å²) < 4.78 is 26.2. The standard InChI is InChI=1S/C10H12F2O/c1-6(7(2)13)10-8(11)4-3-5-9(10)12/h3-7,13H,1-2H3. The van der Waals surface area contributed by atoms with Crippen LogP contribution in [0.4, 0.5) is 8.78 Å². The molecule has 1 aromatic rings. The second-order valence-corrected chi connectivity index (χ2v) is 3.16. The lowest BCUT2D eigenvalue weighted by atomic mass is 9.95. The van der Waals surface area contributed by atoms with Crippen LogP contribution < -0.4 is 0 Å². The summed E-state index contributed by atoms with van der Waals surface area (Å²) in [6.07, 6.45) is -0.758. The molecule has 13 heavy (non-hydrogen) atoms. The van der Waals surface area contributed by atoms with E-state index in [4.69, 9.17) is 0 Å². The Morgan fingerprint density at radius 3 is 2.00 bits per heavy atom. The zero-order valence-electron chi connectivity index (χ0n) is 7.59. The van der Waals surface area contributed by atoms with Gasteiger partial charge in [0, 0.05) is 11.5 Å². The molecule has 0 aliphatic rings. The SMILES string of the molecule is CC(O)C(C)c1c(F)cccc1F. The Bertz CT molecular complexity index is 277. The summed E-state index contributed by atoms with van der Waals surface area (Å²) in [5.41, 5.74) is -0.0440. The Morgan fingerprint density at radius 2 is 1.62 bits per heavy atom. The van der Waals surface area contributed by atoms with Gasteiger partial charge in [-0.15, -0.1) is 0 Å². The number of rotatable bonds is 2. The highest BCUT2D eigenvalue weighted by Gasteiger charge is 2.19. The predicted molar refractivity (Wildman–Crippen MR) is 46.5 cm³/mol. The third-order valence-electron chi connectivity index (χ3n) is 2.18. The maximum absolute atomic E-state index is 13.1. The lowest BCUT2D eigenvalue weighted by Gasteiger charge is -2.16. The first-order valence-corrected chi connectivity index (χ1v) is 4.16. The number of hydrogen-bond acceptors (Lipinski definition) is 1. The molecule has 2 unspecified atom stereocenters. The van der Waals surface area contributed by atoms with Crippen molar-refractivity contribution in [2.45, 2.75) is 25.9 Å². The molecular formula is C10H12F2O. The van der Waals surface area contributed by atoms with Gasteiger partial charge in [0.25, 0.3) is 0 Å². The summed E-state index contributed by atoms with van der Waals surface area (Å²) in [5.74, 6) is -1.73. The molecule has 1 N–H and O–H groups in total. The number of benzene rings is 1. The van der Waals surface area contributed by atoms with Crippen molar-refractivity contribution >= 4 is 0 Å². The second-order valence-electron chi connectivity index (χ2n) is 3.16. The molecule has 0 amide bonds. The van der Waals surface area contributed by atoms with Gasteiger partial charge in [-0.25, -0.2) is 8.78 Å². The highest BCUT2D eigenvalue weighted by atomic mass is 19.1. The minimum Gasteiger partial charge on any atom is -0.393 e. The monoisotopic (exact) mass is 186 g/mol. The van der Waals surface area contributed by atoms with Crippen molar-refractivity contribution in [2.75, 3.05) is 0 Å². The molecule has 72 valence electrons. The Hall–Kier alpha value is -0.960. The molecular weight excluding hydrogens is 174 g/mol. The molecule has 0 bridgehead atoms. The molecule has 0 saturated carbocycles. The van der Waals surface area contributed by atoms with Gasteiger partial charge >= 0.3 is 0 Å². The molecule has 0 aliphatic carbocycles. The quantitative estimate of drug-likeness (QED) is 0.752. The summed E-state index contributed by atoms with van der Waals surface area (Å²) in [6, 6.07) is 3.69. The van der Waals surface area contributed by atoms with Crippen LogP contribution in [0.1, 0.15) is 25.3 Å². The fraction of sp³-hybridized carbons (Fsp3) is 0.400. The third kappa shape index (κ3) is 2.04. The van der Waals surface area contributed by atoms with Crippen molar-refractivity contribution in [1.29, 1.82) is 0 Å². The maximum atomic E-state index is 13.1. The summed E-state index contributed by atoms with van der Waals surface area (Å²) in [7, 11) is 0. The molecule has 1 rings (SSSR count). The lowest BCUT2D eigenvalue weighted by molar-refractivity contribution is 0.165. The van der Waals surface area contributed by atoms with Gasteiger partial charge in [-0.1, -0.05) is 13.0 Å². The smallest absolute Gasteiger partial charge is 0.129 e. The first-order chi connectivity index (χ1) is 6.04. The van der Waals surface area contributed by atoms with Gasteiger partial charge in [-0.2, -0.15) is 0 Å². The van der Waals surface area contributed by atoms with Gasteiger partial charge in [0.1, 0.15) is 11.6 Å². The molecule has 0 fully saturated rings. The van der Waals surface area contributed by atoms with Crippen molar-refractivity contribution < 1.29 is 13.9 Å². The van der Waals surface area contributed by atoms with E-state index in [1.54, 1.807) is 6.92 Å². The maximum Gasteiger partial charge on any atom is 0.129 e. The topological polar surface area (TPSA) is 20.2 Å². The van der Waals surface area contributed by atoms with E-state index in [2.05, 4.69) is 0 Å². The van der Waals surface area contributed by atoms with Crippen LogP contribution in [0.2, 0.25) is 0 Å². The zero-order chi connectivity index (χ0) is 10.0. The van der Waals surface area contributed by atoms with Crippen LogP contribution in [0.5, 0.6) is 0 Å². The van der Waals surface area contributed by atoms with Crippen LogP contribution in [0.25, 0.3) is 0 Å². The average molecular weight is 186 g/mol. The van der Waals surface area contributed by atoms with Crippen LogP contribution >= 0.6 is 0 Å². The molecule has 0 aromatic heterocycles. The predicted octanol–water partition coefficient (Wildman–Crippen LogP) is 2.45. The molecule has 2 atom stereocenters. The third-order valence-corrected chi connectivity index (χ3v) is 2.18. The van der Waals surface area contributed by atoms with Crippen molar-refractivity contribution in [2.24, 2.45) is 0 Å². The van der Waals surface area contributed by atoms with Crippen molar-refractivity contribution in [3.05, 3.63) is 35.4 Å². The molecule has 0 radical (unpaired) electrons. The highest BCUT2D eigenvalue weighted by Crippen LogP contribution is 2.24. The van der Waals surface area contributed by atoms with E-state index >= 15 is 0 Å². The van der Waals surface area contributed by atoms with E-state index < -0.39 is 23.7 Å². The lowest BCUT2D eigenvalue weighted by Crippen LogP contribution is -2.14. The van der Waals surface area contributed by atoms with E-state index in [0.29, 0.717) is 0 Å². The second kappa shape index (κ2) is 3.83. The highest BCUT2D eigenvalue weighted by molar-refractivity contribution is 5.23. The van der Waals surface area contributed by atoms with Gasteiger partial charge in [-0.3, -0.25) is 0 Å².